The first-order valence-corrected chi connectivity index (χ1v) is 12.5. The highest BCUT2D eigenvalue weighted by Gasteiger charge is 2.67. The van der Waals surface area contributed by atoms with Crippen molar-refractivity contribution in [3.05, 3.63) is 98.0 Å². The maximum Gasteiger partial charge on any atom is 0.416 e. The van der Waals surface area contributed by atoms with Gasteiger partial charge in [-0.2, -0.15) is 13.2 Å². The Morgan fingerprint density at radius 3 is 2.11 bits per heavy atom. The van der Waals surface area contributed by atoms with Crippen molar-refractivity contribution in [2.75, 3.05) is 5.32 Å². The first-order valence-electron chi connectivity index (χ1n) is 10.7. The SMILES string of the molecule is O=C(NCc1ccc(C(F)(F)F)cc1)c1cc(NC(=O)[C@H]2[C@H](c3cc(Cl)cc(Cl)c3)C2(Cl)Cl)ccc1Cl. The molecule has 0 saturated heterocycles. The van der Waals surface area contributed by atoms with Gasteiger partial charge in [0.25, 0.3) is 5.91 Å². The Morgan fingerprint density at radius 1 is 0.892 bits per heavy atom. The summed E-state index contributed by atoms with van der Waals surface area (Å²) in [5.41, 5.74) is 0.616. The van der Waals surface area contributed by atoms with E-state index < -0.39 is 39.7 Å². The largest absolute Gasteiger partial charge is 0.416 e. The highest BCUT2D eigenvalue weighted by Crippen LogP contribution is 2.65. The number of hydrogen-bond acceptors (Lipinski definition) is 2. The standard InChI is InChI=1S/C25H16Cl5F3N2O2/c26-15-7-13(8-16(27)9-15)20-21(24(20,29)30)23(37)35-17-5-6-19(28)18(10-17)22(36)34-11-12-1-3-14(4-2-12)25(31,32)33/h1-10,20-21H,11H2,(H,34,36)(H,35,37)/t20-,21+/m0/s1. The first kappa shape index (κ1) is 27.9. The van der Waals surface area contributed by atoms with E-state index in [0.29, 0.717) is 21.2 Å². The number of hydrogen-bond donors (Lipinski definition) is 2. The Labute approximate surface area is 235 Å². The zero-order valence-electron chi connectivity index (χ0n) is 18.5. The van der Waals surface area contributed by atoms with Gasteiger partial charge in [0, 0.05) is 28.2 Å². The van der Waals surface area contributed by atoms with Crippen LogP contribution in [-0.2, 0) is 17.5 Å². The number of benzene rings is 3. The van der Waals surface area contributed by atoms with Crippen LogP contribution in [0.15, 0.2) is 60.7 Å². The van der Waals surface area contributed by atoms with Crippen LogP contribution in [0.3, 0.4) is 0 Å². The second kappa shape index (κ2) is 10.5. The number of carbonyl (C=O) groups excluding carboxylic acids is 2. The highest BCUT2D eigenvalue weighted by molar-refractivity contribution is 6.53. The van der Waals surface area contributed by atoms with Gasteiger partial charge < -0.3 is 10.6 Å². The molecular formula is C25H16Cl5F3N2O2. The molecule has 1 fully saturated rings. The lowest BCUT2D eigenvalue weighted by atomic mass is 10.1. The van der Waals surface area contributed by atoms with Crippen molar-refractivity contribution in [1.29, 1.82) is 0 Å². The molecule has 0 radical (unpaired) electrons. The summed E-state index contributed by atoms with van der Waals surface area (Å²) in [4.78, 5) is 25.7. The number of anilines is 1. The fourth-order valence-electron chi connectivity index (χ4n) is 3.91. The number of rotatable bonds is 6. The zero-order chi connectivity index (χ0) is 27.1. The molecule has 3 aromatic carbocycles. The summed E-state index contributed by atoms with van der Waals surface area (Å²) in [6.07, 6.45) is -4.45. The van der Waals surface area contributed by atoms with Gasteiger partial charge in [-0.15, -0.1) is 23.2 Å². The van der Waals surface area contributed by atoms with E-state index in [1.54, 1.807) is 18.2 Å². The van der Waals surface area contributed by atoms with Crippen LogP contribution >= 0.6 is 58.0 Å². The van der Waals surface area contributed by atoms with Crippen molar-refractivity contribution in [2.45, 2.75) is 23.0 Å². The predicted octanol–water partition coefficient (Wildman–Crippen LogP) is 8.12. The molecule has 2 atom stereocenters. The molecule has 2 N–H and O–H groups in total. The van der Waals surface area contributed by atoms with Crippen molar-refractivity contribution < 1.29 is 22.8 Å². The second-order valence-electron chi connectivity index (χ2n) is 8.39. The van der Waals surface area contributed by atoms with Gasteiger partial charge in [0.2, 0.25) is 5.91 Å². The van der Waals surface area contributed by atoms with Gasteiger partial charge in [0.15, 0.2) is 0 Å². The van der Waals surface area contributed by atoms with Crippen LogP contribution in [0.25, 0.3) is 0 Å². The Hall–Kier alpha value is -2.16. The molecule has 12 heteroatoms. The van der Waals surface area contributed by atoms with Crippen molar-refractivity contribution in [3.8, 4) is 0 Å². The fourth-order valence-corrected chi connectivity index (χ4v) is 5.48. The van der Waals surface area contributed by atoms with Crippen molar-refractivity contribution in [3.63, 3.8) is 0 Å². The molecule has 0 heterocycles. The van der Waals surface area contributed by atoms with Crippen molar-refractivity contribution >= 4 is 75.5 Å². The van der Waals surface area contributed by atoms with Gasteiger partial charge in [-0.05, 0) is 59.7 Å². The van der Waals surface area contributed by atoms with E-state index in [1.165, 1.54) is 30.3 Å². The van der Waals surface area contributed by atoms with Gasteiger partial charge >= 0.3 is 6.18 Å². The molecule has 4 rings (SSSR count). The summed E-state index contributed by atoms with van der Waals surface area (Å²) < 4.78 is 36.8. The highest BCUT2D eigenvalue weighted by atomic mass is 35.5. The molecule has 4 nitrogen and oxygen atoms in total. The van der Waals surface area contributed by atoms with E-state index in [2.05, 4.69) is 10.6 Å². The minimum Gasteiger partial charge on any atom is -0.348 e. The van der Waals surface area contributed by atoms with Crippen LogP contribution in [-0.4, -0.2) is 16.1 Å². The number of carbonyl (C=O) groups is 2. The summed E-state index contributed by atoms with van der Waals surface area (Å²) >= 11 is 31.1. The third-order valence-corrected chi connectivity index (χ3v) is 7.50. The molecule has 2 amide bonds. The minimum absolute atomic E-state index is 0.0309. The lowest BCUT2D eigenvalue weighted by Gasteiger charge is -2.11. The second-order valence-corrected chi connectivity index (χ2v) is 11.1. The summed E-state index contributed by atoms with van der Waals surface area (Å²) in [7, 11) is 0. The summed E-state index contributed by atoms with van der Waals surface area (Å²) in [5.74, 6) is -2.42. The fraction of sp³-hybridized carbons (Fsp3) is 0.200. The molecule has 1 saturated carbocycles. The number of nitrogens with one attached hydrogen (secondary N) is 2. The molecule has 1 aliphatic rings. The predicted molar refractivity (Wildman–Crippen MR) is 140 cm³/mol. The summed E-state index contributed by atoms with van der Waals surface area (Å²) in [5, 5.41) is 6.15. The normalized spacial score (nSPS) is 18.3. The molecule has 194 valence electrons. The van der Waals surface area contributed by atoms with E-state index in [9.17, 15) is 22.8 Å². The summed E-state index contributed by atoms with van der Waals surface area (Å²) in [6.45, 7) is -0.0309. The quantitative estimate of drug-likeness (QED) is 0.277. The third kappa shape index (κ3) is 6.29. The van der Waals surface area contributed by atoms with Crippen LogP contribution in [0.2, 0.25) is 15.1 Å². The average Bonchev–Trinajstić information content (AvgIpc) is 3.40. The van der Waals surface area contributed by atoms with E-state index in [-0.39, 0.29) is 22.8 Å². The molecular weight excluding hydrogens is 595 g/mol. The van der Waals surface area contributed by atoms with Crippen LogP contribution < -0.4 is 10.6 Å². The van der Waals surface area contributed by atoms with E-state index in [1.807, 2.05) is 0 Å². The van der Waals surface area contributed by atoms with Crippen LogP contribution in [0.4, 0.5) is 18.9 Å². The van der Waals surface area contributed by atoms with Gasteiger partial charge in [-0.1, -0.05) is 46.9 Å². The Kier molecular flexibility index (Phi) is 7.94. The number of amides is 2. The Balaban J connectivity index is 1.43. The zero-order valence-corrected chi connectivity index (χ0v) is 22.3. The molecule has 37 heavy (non-hydrogen) atoms. The topological polar surface area (TPSA) is 58.2 Å². The molecule has 0 bridgehead atoms. The average molecular weight is 611 g/mol. The van der Waals surface area contributed by atoms with Gasteiger partial charge in [0.05, 0.1) is 22.1 Å². The van der Waals surface area contributed by atoms with Gasteiger partial charge in [-0.3, -0.25) is 9.59 Å². The minimum atomic E-state index is -4.45. The molecule has 1 aliphatic carbocycles. The van der Waals surface area contributed by atoms with Crippen molar-refractivity contribution in [2.24, 2.45) is 5.92 Å². The molecule has 0 unspecified atom stereocenters. The smallest absolute Gasteiger partial charge is 0.348 e. The maximum absolute atomic E-state index is 13.0. The van der Waals surface area contributed by atoms with Gasteiger partial charge in [-0.25, -0.2) is 0 Å². The lowest BCUT2D eigenvalue weighted by Crippen LogP contribution is -2.24. The van der Waals surface area contributed by atoms with Gasteiger partial charge in [0.1, 0.15) is 4.33 Å². The van der Waals surface area contributed by atoms with E-state index >= 15 is 0 Å². The monoisotopic (exact) mass is 608 g/mol. The Morgan fingerprint density at radius 2 is 1.51 bits per heavy atom. The molecule has 3 aromatic rings. The maximum atomic E-state index is 13.0. The number of halogens is 8. The Bertz CT molecular complexity index is 1340. The van der Waals surface area contributed by atoms with Crippen LogP contribution in [0, 0.1) is 5.92 Å². The van der Waals surface area contributed by atoms with Crippen LogP contribution in [0.1, 0.15) is 33.0 Å². The lowest BCUT2D eigenvalue weighted by molar-refractivity contribution is -0.137. The van der Waals surface area contributed by atoms with Crippen LogP contribution in [0.5, 0.6) is 0 Å². The molecule has 0 aliphatic heterocycles. The molecule has 0 spiro atoms. The number of alkyl halides is 5. The van der Waals surface area contributed by atoms with E-state index in [4.69, 9.17) is 58.0 Å². The third-order valence-electron chi connectivity index (χ3n) is 5.79. The summed E-state index contributed by atoms with van der Waals surface area (Å²) in [6, 6.07) is 13.5. The molecule has 0 aromatic heterocycles. The van der Waals surface area contributed by atoms with Crippen molar-refractivity contribution in [1.82, 2.24) is 5.32 Å². The first-order chi connectivity index (χ1) is 17.3. The van der Waals surface area contributed by atoms with E-state index in [0.717, 1.165) is 12.1 Å².